The fourth-order valence-electron chi connectivity index (χ4n) is 4.27. The molecule has 0 bridgehead atoms. The Kier molecular flexibility index (Phi) is 6.21. The van der Waals surface area contributed by atoms with E-state index in [2.05, 4.69) is 5.32 Å². The molecule has 6 heteroatoms. The largest absolute Gasteiger partial charge is 0.490 e. The van der Waals surface area contributed by atoms with Crippen molar-refractivity contribution < 1.29 is 19.1 Å². The van der Waals surface area contributed by atoms with Gasteiger partial charge in [-0.1, -0.05) is 36.4 Å². The van der Waals surface area contributed by atoms with Crippen LogP contribution in [0.4, 0.5) is 0 Å². The molecule has 2 heterocycles. The first-order valence-corrected chi connectivity index (χ1v) is 10.6. The molecule has 1 N–H and O–H groups in total. The van der Waals surface area contributed by atoms with Crippen molar-refractivity contribution in [1.29, 1.82) is 0 Å². The second-order valence-corrected chi connectivity index (χ2v) is 7.87. The molecule has 2 aromatic rings. The number of fused-ring (bicyclic) bond motifs is 1. The van der Waals surface area contributed by atoms with Gasteiger partial charge in [0, 0.05) is 19.9 Å². The van der Waals surface area contributed by atoms with E-state index in [0.29, 0.717) is 13.2 Å². The Balaban J connectivity index is 1.52. The van der Waals surface area contributed by atoms with Gasteiger partial charge >= 0.3 is 0 Å². The number of carbonyl (C=O) groups excluding carboxylic acids is 2. The predicted octanol–water partition coefficient (Wildman–Crippen LogP) is 3.78. The van der Waals surface area contributed by atoms with Gasteiger partial charge in [-0.3, -0.25) is 9.59 Å². The smallest absolute Gasteiger partial charge is 0.225 e. The Hall–Kier alpha value is -3.02. The van der Waals surface area contributed by atoms with Gasteiger partial charge in [-0.2, -0.15) is 0 Å². The Morgan fingerprint density at radius 1 is 1.07 bits per heavy atom. The van der Waals surface area contributed by atoms with Crippen LogP contribution in [0.15, 0.2) is 48.5 Å². The van der Waals surface area contributed by atoms with Gasteiger partial charge < -0.3 is 19.7 Å². The SMILES string of the molecule is CC(=O)N[C@@H](CC(=O)N1CCC[C@H]1c1ccc2c(c1)OCCCO2)c1ccccc1. The first-order chi connectivity index (χ1) is 14.6. The number of likely N-dealkylation sites (tertiary alicyclic amines) is 1. The van der Waals surface area contributed by atoms with E-state index in [0.717, 1.165) is 48.4 Å². The number of hydrogen-bond acceptors (Lipinski definition) is 4. The third-order valence-corrected chi connectivity index (χ3v) is 5.69. The highest BCUT2D eigenvalue weighted by Crippen LogP contribution is 2.38. The first kappa shape index (κ1) is 20.3. The summed E-state index contributed by atoms with van der Waals surface area (Å²) in [5, 5.41) is 2.93. The van der Waals surface area contributed by atoms with Crippen molar-refractivity contribution in [2.24, 2.45) is 0 Å². The number of benzene rings is 2. The molecule has 0 saturated carbocycles. The van der Waals surface area contributed by atoms with Gasteiger partial charge in [-0.15, -0.1) is 0 Å². The van der Waals surface area contributed by atoms with E-state index in [1.807, 2.05) is 53.4 Å². The monoisotopic (exact) mass is 408 g/mol. The molecule has 0 aromatic heterocycles. The summed E-state index contributed by atoms with van der Waals surface area (Å²) in [6, 6.07) is 15.3. The third kappa shape index (κ3) is 4.58. The number of nitrogens with zero attached hydrogens (tertiary/aromatic N) is 1. The second-order valence-electron chi connectivity index (χ2n) is 7.87. The normalized spacial score (nSPS) is 19.1. The lowest BCUT2D eigenvalue weighted by atomic mass is 10.0. The van der Waals surface area contributed by atoms with Gasteiger partial charge in [-0.25, -0.2) is 0 Å². The molecule has 0 radical (unpaired) electrons. The molecular weight excluding hydrogens is 380 g/mol. The molecular formula is C24H28N2O4. The van der Waals surface area contributed by atoms with Crippen LogP contribution in [0.2, 0.25) is 0 Å². The number of ether oxygens (including phenoxy) is 2. The third-order valence-electron chi connectivity index (χ3n) is 5.69. The van der Waals surface area contributed by atoms with Crippen molar-refractivity contribution in [1.82, 2.24) is 10.2 Å². The summed E-state index contributed by atoms with van der Waals surface area (Å²) in [6.07, 6.45) is 2.98. The highest BCUT2D eigenvalue weighted by Gasteiger charge is 2.32. The maximum atomic E-state index is 13.3. The van der Waals surface area contributed by atoms with Crippen LogP contribution in [0.5, 0.6) is 11.5 Å². The maximum absolute atomic E-state index is 13.3. The van der Waals surface area contributed by atoms with Crippen molar-refractivity contribution in [3.8, 4) is 11.5 Å². The summed E-state index contributed by atoms with van der Waals surface area (Å²) < 4.78 is 11.6. The van der Waals surface area contributed by atoms with Crippen LogP contribution in [0, 0.1) is 0 Å². The molecule has 2 amide bonds. The van der Waals surface area contributed by atoms with E-state index in [4.69, 9.17) is 9.47 Å². The summed E-state index contributed by atoms with van der Waals surface area (Å²) in [4.78, 5) is 26.9. The van der Waals surface area contributed by atoms with E-state index in [1.165, 1.54) is 6.92 Å². The minimum atomic E-state index is -0.332. The molecule has 2 aromatic carbocycles. The lowest BCUT2D eigenvalue weighted by Gasteiger charge is -2.28. The number of hydrogen-bond donors (Lipinski definition) is 1. The van der Waals surface area contributed by atoms with Crippen LogP contribution in [-0.4, -0.2) is 36.5 Å². The summed E-state index contributed by atoms with van der Waals surface area (Å²) >= 11 is 0. The topological polar surface area (TPSA) is 67.9 Å². The zero-order chi connectivity index (χ0) is 20.9. The molecule has 2 atom stereocenters. The second kappa shape index (κ2) is 9.20. The Morgan fingerprint density at radius 2 is 1.83 bits per heavy atom. The molecule has 0 unspecified atom stereocenters. The standard InChI is InChI=1S/C24H28N2O4/c1-17(27)25-20(18-7-3-2-4-8-18)16-24(28)26-12-5-9-21(26)19-10-11-22-23(15-19)30-14-6-13-29-22/h2-4,7-8,10-11,15,20-21H,5-6,9,12-14,16H2,1H3,(H,25,27)/t20-,21-/m0/s1. The molecule has 0 aliphatic carbocycles. The summed E-state index contributed by atoms with van der Waals surface area (Å²) in [5.41, 5.74) is 2.01. The highest BCUT2D eigenvalue weighted by atomic mass is 16.5. The number of carbonyl (C=O) groups is 2. The molecule has 1 saturated heterocycles. The average molecular weight is 408 g/mol. The molecule has 6 nitrogen and oxygen atoms in total. The summed E-state index contributed by atoms with van der Waals surface area (Å²) in [5.74, 6) is 1.43. The van der Waals surface area contributed by atoms with E-state index in [9.17, 15) is 9.59 Å². The van der Waals surface area contributed by atoms with Gasteiger partial charge in [0.2, 0.25) is 11.8 Å². The van der Waals surface area contributed by atoms with Crippen LogP contribution in [0.3, 0.4) is 0 Å². The van der Waals surface area contributed by atoms with Crippen molar-refractivity contribution in [2.75, 3.05) is 19.8 Å². The van der Waals surface area contributed by atoms with Crippen molar-refractivity contribution in [3.63, 3.8) is 0 Å². The van der Waals surface area contributed by atoms with Crippen molar-refractivity contribution >= 4 is 11.8 Å². The number of nitrogens with one attached hydrogen (secondary N) is 1. The first-order valence-electron chi connectivity index (χ1n) is 10.6. The fourth-order valence-corrected chi connectivity index (χ4v) is 4.27. The predicted molar refractivity (Wildman–Crippen MR) is 113 cm³/mol. The minimum Gasteiger partial charge on any atom is -0.490 e. The molecule has 1 fully saturated rings. The summed E-state index contributed by atoms with van der Waals surface area (Å²) in [6.45, 7) is 3.50. The molecule has 2 aliphatic rings. The van der Waals surface area contributed by atoms with Crippen LogP contribution in [0.1, 0.15) is 55.8 Å². The van der Waals surface area contributed by atoms with Gasteiger partial charge in [0.25, 0.3) is 0 Å². The van der Waals surface area contributed by atoms with Gasteiger partial charge in [0.1, 0.15) is 0 Å². The number of amides is 2. The van der Waals surface area contributed by atoms with Gasteiger partial charge in [0.05, 0.1) is 31.7 Å². The van der Waals surface area contributed by atoms with Gasteiger partial charge in [0.15, 0.2) is 11.5 Å². The van der Waals surface area contributed by atoms with E-state index < -0.39 is 0 Å². The minimum absolute atomic E-state index is 0.0170. The van der Waals surface area contributed by atoms with E-state index >= 15 is 0 Å². The van der Waals surface area contributed by atoms with Crippen molar-refractivity contribution in [3.05, 3.63) is 59.7 Å². The molecule has 4 rings (SSSR count). The van der Waals surface area contributed by atoms with Crippen LogP contribution >= 0.6 is 0 Å². The Bertz CT molecular complexity index is 899. The fraction of sp³-hybridized carbons (Fsp3) is 0.417. The van der Waals surface area contributed by atoms with E-state index in [-0.39, 0.29) is 30.3 Å². The van der Waals surface area contributed by atoms with Crippen molar-refractivity contribution in [2.45, 2.75) is 44.7 Å². The molecule has 158 valence electrons. The maximum Gasteiger partial charge on any atom is 0.225 e. The molecule has 0 spiro atoms. The summed E-state index contributed by atoms with van der Waals surface area (Å²) in [7, 11) is 0. The average Bonchev–Trinajstić information content (AvgIpc) is 3.12. The number of rotatable bonds is 5. The zero-order valence-corrected chi connectivity index (χ0v) is 17.3. The molecule has 2 aliphatic heterocycles. The Labute approximate surface area is 177 Å². The van der Waals surface area contributed by atoms with Crippen LogP contribution in [-0.2, 0) is 9.59 Å². The Morgan fingerprint density at radius 3 is 2.60 bits per heavy atom. The van der Waals surface area contributed by atoms with E-state index in [1.54, 1.807) is 0 Å². The lowest BCUT2D eigenvalue weighted by Crippen LogP contribution is -2.35. The van der Waals surface area contributed by atoms with Gasteiger partial charge in [-0.05, 0) is 36.1 Å². The van der Waals surface area contributed by atoms with Crippen LogP contribution < -0.4 is 14.8 Å². The zero-order valence-electron chi connectivity index (χ0n) is 17.3. The molecule has 30 heavy (non-hydrogen) atoms. The lowest BCUT2D eigenvalue weighted by molar-refractivity contribution is -0.133. The van der Waals surface area contributed by atoms with Crippen LogP contribution in [0.25, 0.3) is 0 Å². The quantitative estimate of drug-likeness (QED) is 0.818. The highest BCUT2D eigenvalue weighted by molar-refractivity contribution is 5.80.